The molecule has 9 heteroatoms. The summed E-state index contributed by atoms with van der Waals surface area (Å²) in [6, 6.07) is 0. The van der Waals surface area contributed by atoms with Crippen molar-refractivity contribution in [1.82, 2.24) is 0 Å². The number of rotatable bonds is 4. The van der Waals surface area contributed by atoms with E-state index in [2.05, 4.69) is 0 Å². The zero-order chi connectivity index (χ0) is 9.98. The molecule has 15 heavy (non-hydrogen) atoms. The first-order chi connectivity index (χ1) is 5.54. The summed E-state index contributed by atoms with van der Waals surface area (Å²) in [6.45, 7) is 1.19. The summed E-state index contributed by atoms with van der Waals surface area (Å²) in [4.78, 5) is 19.3. The maximum absolute atomic E-state index is 9.64. The molecular formula is C6H14N2Na3O4+3. The van der Waals surface area contributed by atoms with Gasteiger partial charge in [-0.3, -0.25) is 9.59 Å². The second kappa shape index (κ2) is 24.9. The van der Waals surface area contributed by atoms with Crippen LogP contribution in [0.3, 0.4) is 0 Å². The second-order valence-electron chi connectivity index (χ2n) is 1.86. The molecular weight excluding hydrogens is 233 g/mol. The minimum absolute atomic E-state index is 0. The van der Waals surface area contributed by atoms with Crippen LogP contribution in [0, 0.1) is 0 Å². The smallest absolute Gasteiger partial charge is 0.481 e. The molecule has 0 aromatic carbocycles. The fourth-order valence-corrected chi connectivity index (χ4v) is 0.214. The number of nitrogens with two attached hydrogens (primary N) is 2. The third kappa shape index (κ3) is 49.3. The van der Waals surface area contributed by atoms with Crippen LogP contribution in [0.15, 0.2) is 0 Å². The normalized spacial score (nSPS) is 6.53. The van der Waals surface area contributed by atoms with Gasteiger partial charge in [0.1, 0.15) is 0 Å². The van der Waals surface area contributed by atoms with Gasteiger partial charge < -0.3 is 21.7 Å². The molecule has 0 rings (SSSR count). The van der Waals surface area contributed by atoms with Crippen LogP contribution in [-0.2, 0) is 9.59 Å². The summed E-state index contributed by atoms with van der Waals surface area (Å²) < 4.78 is 0. The SMILES string of the molecule is NCCN.O=C(O)CCC(=O)O.[Na+].[Na+].[Na+]. The van der Waals surface area contributed by atoms with Crippen LogP contribution in [0.1, 0.15) is 12.8 Å². The first-order valence-corrected chi connectivity index (χ1v) is 3.38. The first-order valence-electron chi connectivity index (χ1n) is 3.38. The molecule has 0 radical (unpaired) electrons. The minimum atomic E-state index is -1.08. The molecule has 0 unspecified atom stereocenters. The summed E-state index contributed by atoms with van der Waals surface area (Å²) in [5, 5.41) is 15.8. The van der Waals surface area contributed by atoms with Crippen LogP contribution in [-0.4, -0.2) is 35.2 Å². The van der Waals surface area contributed by atoms with Crippen molar-refractivity contribution in [2.45, 2.75) is 12.8 Å². The molecule has 0 atom stereocenters. The fourth-order valence-electron chi connectivity index (χ4n) is 0.214. The maximum atomic E-state index is 9.64. The van der Waals surface area contributed by atoms with E-state index in [-0.39, 0.29) is 102 Å². The van der Waals surface area contributed by atoms with Crippen molar-refractivity contribution in [2.24, 2.45) is 11.5 Å². The average Bonchev–Trinajstić information content (AvgIpc) is 2.01. The summed E-state index contributed by atoms with van der Waals surface area (Å²) >= 11 is 0. The fraction of sp³-hybridized carbons (Fsp3) is 0.667. The molecule has 72 valence electrons. The molecule has 0 aromatic rings. The molecule has 0 heterocycles. The topological polar surface area (TPSA) is 127 Å². The van der Waals surface area contributed by atoms with Gasteiger partial charge in [-0.15, -0.1) is 0 Å². The Morgan fingerprint density at radius 2 is 1.00 bits per heavy atom. The van der Waals surface area contributed by atoms with E-state index in [0.717, 1.165) is 0 Å². The van der Waals surface area contributed by atoms with Gasteiger partial charge in [0.2, 0.25) is 0 Å². The molecule has 0 aromatic heterocycles. The number of carboxylic acid groups (broad SMARTS) is 2. The van der Waals surface area contributed by atoms with Gasteiger partial charge in [-0.1, -0.05) is 0 Å². The Hall–Kier alpha value is 1.86. The quantitative estimate of drug-likeness (QED) is 0.365. The molecule has 6 N–H and O–H groups in total. The van der Waals surface area contributed by atoms with Gasteiger partial charge in [0.25, 0.3) is 0 Å². The van der Waals surface area contributed by atoms with Crippen molar-refractivity contribution in [2.75, 3.05) is 13.1 Å². The molecule has 0 saturated carbocycles. The van der Waals surface area contributed by atoms with Crippen LogP contribution < -0.4 is 100 Å². The Bertz CT molecular complexity index is 132. The van der Waals surface area contributed by atoms with E-state index in [0.29, 0.717) is 13.1 Å². The monoisotopic (exact) mass is 247 g/mol. The molecule has 0 spiro atoms. The van der Waals surface area contributed by atoms with Crippen LogP contribution in [0.5, 0.6) is 0 Å². The zero-order valence-corrected chi connectivity index (χ0v) is 15.7. The summed E-state index contributed by atoms with van der Waals surface area (Å²) in [6.07, 6.45) is -0.593. The van der Waals surface area contributed by atoms with E-state index >= 15 is 0 Å². The largest absolute Gasteiger partial charge is 1.00 e. The van der Waals surface area contributed by atoms with E-state index in [9.17, 15) is 9.59 Å². The number of hydrogen-bond donors (Lipinski definition) is 4. The van der Waals surface area contributed by atoms with E-state index < -0.39 is 11.9 Å². The zero-order valence-electron chi connectivity index (χ0n) is 9.69. The molecule has 0 aliphatic carbocycles. The summed E-state index contributed by atoms with van der Waals surface area (Å²) in [5.41, 5.74) is 9.81. The van der Waals surface area contributed by atoms with Gasteiger partial charge >= 0.3 is 101 Å². The van der Waals surface area contributed by atoms with Crippen molar-refractivity contribution >= 4 is 11.9 Å². The predicted octanol–water partition coefficient (Wildman–Crippen LogP) is -10.1. The molecule has 0 bridgehead atoms. The van der Waals surface area contributed by atoms with Crippen LogP contribution in [0.25, 0.3) is 0 Å². The van der Waals surface area contributed by atoms with Gasteiger partial charge in [-0.25, -0.2) is 0 Å². The van der Waals surface area contributed by atoms with Crippen LogP contribution in [0.2, 0.25) is 0 Å². The van der Waals surface area contributed by atoms with Crippen LogP contribution >= 0.6 is 0 Å². The first kappa shape index (κ1) is 30.2. The van der Waals surface area contributed by atoms with E-state index in [1.807, 2.05) is 0 Å². The second-order valence-corrected chi connectivity index (χ2v) is 1.86. The Balaban J connectivity index is -0.0000000424. The van der Waals surface area contributed by atoms with E-state index in [1.165, 1.54) is 0 Å². The maximum Gasteiger partial charge on any atom is 1.00 e. The Labute approximate surface area is 155 Å². The van der Waals surface area contributed by atoms with Crippen molar-refractivity contribution < 1.29 is 108 Å². The van der Waals surface area contributed by atoms with Gasteiger partial charge in [-0.2, -0.15) is 0 Å². The van der Waals surface area contributed by atoms with E-state index in [4.69, 9.17) is 21.7 Å². The molecule has 0 aliphatic rings. The molecule has 0 fully saturated rings. The molecule has 0 saturated heterocycles. The van der Waals surface area contributed by atoms with Gasteiger partial charge in [0.15, 0.2) is 0 Å². The van der Waals surface area contributed by atoms with Gasteiger partial charge in [0.05, 0.1) is 12.8 Å². The summed E-state index contributed by atoms with van der Waals surface area (Å²) in [5.74, 6) is -2.15. The van der Waals surface area contributed by atoms with Crippen LogP contribution in [0.4, 0.5) is 0 Å². The number of aliphatic carboxylic acids is 2. The Morgan fingerprint density at radius 3 is 1.07 bits per heavy atom. The van der Waals surface area contributed by atoms with Crippen molar-refractivity contribution in [3.05, 3.63) is 0 Å². The Kier molecular flexibility index (Phi) is 50.0. The predicted molar refractivity (Wildman–Crippen MR) is 42.6 cm³/mol. The van der Waals surface area contributed by atoms with Gasteiger partial charge in [-0.05, 0) is 0 Å². The van der Waals surface area contributed by atoms with Gasteiger partial charge in [0, 0.05) is 13.1 Å². The molecule has 0 aliphatic heterocycles. The average molecular weight is 247 g/mol. The van der Waals surface area contributed by atoms with E-state index in [1.54, 1.807) is 0 Å². The molecule has 6 nitrogen and oxygen atoms in total. The number of hydrogen-bond acceptors (Lipinski definition) is 4. The Morgan fingerprint density at radius 1 is 0.800 bits per heavy atom. The van der Waals surface area contributed by atoms with Crippen molar-refractivity contribution in [1.29, 1.82) is 0 Å². The number of carboxylic acids is 2. The standard InChI is InChI=1S/C4H6O4.C2H8N2.3Na/c5-3(6)1-2-4(7)8;3-1-2-4;;;/h1-2H2,(H,5,6)(H,7,8);1-4H2;;;/q;;3*+1. The summed E-state index contributed by atoms with van der Waals surface area (Å²) in [7, 11) is 0. The minimum Gasteiger partial charge on any atom is -0.481 e. The van der Waals surface area contributed by atoms with Crippen molar-refractivity contribution in [3.8, 4) is 0 Å². The third-order valence-electron chi connectivity index (χ3n) is 0.719. The third-order valence-corrected chi connectivity index (χ3v) is 0.719. The molecule has 0 amide bonds. The van der Waals surface area contributed by atoms with Crippen molar-refractivity contribution in [3.63, 3.8) is 0 Å². The number of carbonyl (C=O) groups is 2.